The Morgan fingerprint density at radius 1 is 1.15 bits per heavy atom. The number of nitrogens with one attached hydrogen (secondary N) is 2. The van der Waals surface area contributed by atoms with Gasteiger partial charge >= 0.3 is 0 Å². The number of fused-ring (bicyclic) bond motifs is 1. The molecule has 0 radical (unpaired) electrons. The fourth-order valence-corrected chi connectivity index (χ4v) is 5.33. The van der Waals surface area contributed by atoms with Crippen molar-refractivity contribution in [1.29, 1.82) is 0 Å². The van der Waals surface area contributed by atoms with E-state index in [9.17, 15) is 13.2 Å². The van der Waals surface area contributed by atoms with Crippen LogP contribution in [-0.4, -0.2) is 78.7 Å². The number of rotatable bonds is 6. The highest BCUT2D eigenvalue weighted by Gasteiger charge is 2.29. The third kappa shape index (κ3) is 4.58. The lowest BCUT2D eigenvalue weighted by molar-refractivity contribution is -0.119. The Bertz CT molecular complexity index is 1300. The van der Waals surface area contributed by atoms with E-state index in [1.54, 1.807) is 6.33 Å². The van der Waals surface area contributed by atoms with E-state index in [-0.39, 0.29) is 17.9 Å². The number of benzene rings is 1. The second-order valence-electron chi connectivity index (χ2n) is 8.90. The van der Waals surface area contributed by atoms with Crippen LogP contribution >= 0.6 is 0 Å². The van der Waals surface area contributed by atoms with Crippen molar-refractivity contribution in [2.75, 3.05) is 43.9 Å². The minimum absolute atomic E-state index is 0.0478. The average molecular weight is 485 g/mol. The lowest BCUT2D eigenvalue weighted by atomic mass is 10.0. The van der Waals surface area contributed by atoms with Gasteiger partial charge in [-0.1, -0.05) is 12.1 Å². The molecule has 5 rings (SSSR count). The van der Waals surface area contributed by atoms with Gasteiger partial charge in [0.25, 0.3) is 0 Å². The van der Waals surface area contributed by atoms with Gasteiger partial charge in [-0.3, -0.25) is 4.79 Å². The van der Waals surface area contributed by atoms with Crippen molar-refractivity contribution in [2.24, 2.45) is 5.92 Å². The Morgan fingerprint density at radius 3 is 2.53 bits per heavy atom. The van der Waals surface area contributed by atoms with Gasteiger partial charge in [0.05, 0.1) is 23.8 Å². The molecule has 0 spiro atoms. The summed E-state index contributed by atoms with van der Waals surface area (Å²) in [5.74, 6) is 0.614. The summed E-state index contributed by atoms with van der Waals surface area (Å²) in [7, 11) is -3.15. The SMILES string of the molecule is C[C@@H](Oc1nc(-c2ccc(N3CCN(S(C)(=O)=O)CC3)cc2)cc2nc[nH]c12)[C@H]1CNC(=O)C1. The molecule has 1 aromatic carbocycles. The molecule has 2 aromatic heterocycles. The number of aromatic nitrogens is 3. The van der Waals surface area contributed by atoms with Gasteiger partial charge in [0.1, 0.15) is 11.6 Å². The number of nitrogens with zero attached hydrogens (tertiary/aromatic N) is 4. The number of carbonyl (C=O) groups is 1. The van der Waals surface area contributed by atoms with Crippen molar-refractivity contribution < 1.29 is 17.9 Å². The van der Waals surface area contributed by atoms with Crippen LogP contribution in [0.4, 0.5) is 5.69 Å². The molecule has 11 heteroatoms. The van der Waals surface area contributed by atoms with Crippen molar-refractivity contribution >= 4 is 32.7 Å². The maximum absolute atomic E-state index is 11.8. The Hall–Kier alpha value is -3.18. The average Bonchev–Trinajstić information content (AvgIpc) is 3.48. The summed E-state index contributed by atoms with van der Waals surface area (Å²) in [6, 6.07) is 9.99. The third-order valence-corrected chi connectivity index (χ3v) is 7.89. The quantitative estimate of drug-likeness (QED) is 0.545. The number of H-pyrrole nitrogens is 1. The van der Waals surface area contributed by atoms with Crippen molar-refractivity contribution in [3.05, 3.63) is 36.7 Å². The van der Waals surface area contributed by atoms with Crippen LogP contribution in [0.1, 0.15) is 13.3 Å². The Kier molecular flexibility index (Phi) is 5.90. The van der Waals surface area contributed by atoms with E-state index in [0.29, 0.717) is 45.0 Å². The highest BCUT2D eigenvalue weighted by molar-refractivity contribution is 7.88. The fourth-order valence-electron chi connectivity index (χ4n) is 4.50. The highest BCUT2D eigenvalue weighted by atomic mass is 32.2. The van der Waals surface area contributed by atoms with Crippen LogP contribution < -0.4 is 15.0 Å². The summed E-state index contributed by atoms with van der Waals surface area (Å²) in [6.45, 7) is 4.83. The predicted octanol–water partition coefficient (Wildman–Crippen LogP) is 1.61. The first kappa shape index (κ1) is 22.6. The van der Waals surface area contributed by atoms with Gasteiger partial charge in [0.15, 0.2) is 0 Å². The van der Waals surface area contributed by atoms with E-state index in [4.69, 9.17) is 9.72 Å². The number of ether oxygens (including phenoxy) is 1. The summed E-state index contributed by atoms with van der Waals surface area (Å²) in [5, 5.41) is 2.85. The Labute approximate surface area is 198 Å². The summed E-state index contributed by atoms with van der Waals surface area (Å²) in [6.07, 6.45) is 3.14. The zero-order valence-electron chi connectivity index (χ0n) is 19.2. The normalized spacial score (nSPS) is 20.5. The van der Waals surface area contributed by atoms with Crippen molar-refractivity contribution in [1.82, 2.24) is 24.6 Å². The van der Waals surface area contributed by atoms with E-state index in [0.717, 1.165) is 28.0 Å². The van der Waals surface area contributed by atoms with Gasteiger partial charge in [-0.05, 0) is 25.1 Å². The molecule has 0 bridgehead atoms. The smallest absolute Gasteiger partial charge is 0.240 e. The van der Waals surface area contributed by atoms with E-state index in [1.165, 1.54) is 10.6 Å². The Balaban J connectivity index is 1.35. The lowest BCUT2D eigenvalue weighted by Gasteiger charge is -2.34. The van der Waals surface area contributed by atoms with E-state index >= 15 is 0 Å². The van der Waals surface area contributed by atoms with Crippen LogP contribution in [0.15, 0.2) is 36.7 Å². The molecular formula is C23H28N6O4S. The van der Waals surface area contributed by atoms with Crippen LogP contribution in [-0.2, 0) is 14.8 Å². The first-order valence-corrected chi connectivity index (χ1v) is 13.2. The number of imidazole rings is 1. The van der Waals surface area contributed by atoms with E-state index < -0.39 is 10.0 Å². The summed E-state index contributed by atoms with van der Waals surface area (Å²) < 4.78 is 31.2. The van der Waals surface area contributed by atoms with Crippen LogP contribution in [0.3, 0.4) is 0 Å². The van der Waals surface area contributed by atoms with Gasteiger partial charge in [-0.15, -0.1) is 0 Å². The van der Waals surface area contributed by atoms with Crippen LogP contribution in [0, 0.1) is 5.92 Å². The Morgan fingerprint density at radius 2 is 1.88 bits per heavy atom. The number of anilines is 1. The first-order valence-electron chi connectivity index (χ1n) is 11.4. The number of hydrogen-bond acceptors (Lipinski definition) is 7. The molecule has 10 nitrogen and oxygen atoms in total. The molecular weight excluding hydrogens is 456 g/mol. The molecule has 2 N–H and O–H groups in total. The van der Waals surface area contributed by atoms with Gasteiger partial charge in [-0.2, -0.15) is 4.31 Å². The van der Waals surface area contributed by atoms with Gasteiger partial charge in [-0.25, -0.2) is 18.4 Å². The lowest BCUT2D eigenvalue weighted by Crippen LogP contribution is -2.48. The molecule has 1 amide bonds. The molecule has 2 aliphatic heterocycles. The minimum atomic E-state index is -3.15. The second-order valence-corrected chi connectivity index (χ2v) is 10.9. The third-order valence-electron chi connectivity index (χ3n) is 6.58. The first-order chi connectivity index (χ1) is 16.3. The second kappa shape index (κ2) is 8.88. The molecule has 2 atom stereocenters. The molecule has 2 aliphatic rings. The molecule has 3 aromatic rings. The molecule has 2 saturated heterocycles. The summed E-state index contributed by atoms with van der Waals surface area (Å²) >= 11 is 0. The molecule has 0 unspecified atom stereocenters. The molecule has 34 heavy (non-hydrogen) atoms. The number of amides is 1. The zero-order valence-corrected chi connectivity index (χ0v) is 20.0. The number of aromatic amines is 1. The van der Waals surface area contributed by atoms with Crippen molar-refractivity contribution in [3.8, 4) is 17.1 Å². The molecule has 0 saturated carbocycles. The van der Waals surface area contributed by atoms with Crippen LogP contribution in [0.5, 0.6) is 5.88 Å². The van der Waals surface area contributed by atoms with E-state index in [2.05, 4.69) is 20.2 Å². The van der Waals surface area contributed by atoms with Crippen LogP contribution in [0.2, 0.25) is 0 Å². The largest absolute Gasteiger partial charge is 0.473 e. The highest BCUT2D eigenvalue weighted by Crippen LogP contribution is 2.30. The maximum atomic E-state index is 11.8. The van der Waals surface area contributed by atoms with Gasteiger partial charge in [0.2, 0.25) is 21.8 Å². The number of carbonyl (C=O) groups excluding carboxylic acids is 1. The van der Waals surface area contributed by atoms with Gasteiger partial charge in [0, 0.05) is 56.3 Å². The number of sulfonamides is 1. The molecule has 0 aliphatic carbocycles. The molecule has 4 heterocycles. The molecule has 2 fully saturated rings. The number of hydrogen-bond donors (Lipinski definition) is 2. The number of piperazine rings is 1. The van der Waals surface area contributed by atoms with Crippen molar-refractivity contribution in [3.63, 3.8) is 0 Å². The van der Waals surface area contributed by atoms with Crippen LogP contribution in [0.25, 0.3) is 22.3 Å². The topological polar surface area (TPSA) is 121 Å². The monoisotopic (exact) mass is 484 g/mol. The van der Waals surface area contributed by atoms with Crippen molar-refractivity contribution in [2.45, 2.75) is 19.4 Å². The predicted molar refractivity (Wildman–Crippen MR) is 129 cm³/mol. The minimum Gasteiger partial charge on any atom is -0.473 e. The van der Waals surface area contributed by atoms with Gasteiger partial charge < -0.3 is 19.9 Å². The maximum Gasteiger partial charge on any atom is 0.240 e. The molecule has 180 valence electrons. The number of pyridine rings is 1. The van der Waals surface area contributed by atoms with E-state index in [1.807, 2.05) is 37.3 Å². The summed E-state index contributed by atoms with van der Waals surface area (Å²) in [5.41, 5.74) is 4.21. The fraction of sp³-hybridized carbons (Fsp3) is 0.435. The summed E-state index contributed by atoms with van der Waals surface area (Å²) in [4.78, 5) is 26.0. The zero-order chi connectivity index (χ0) is 23.9. The standard InChI is InChI=1S/C23H28N6O4S/c1-15(17-11-21(30)24-13-17)33-23-22-20(25-14-26-22)12-19(27-23)16-3-5-18(6-4-16)28-7-9-29(10-8-28)34(2,31)32/h3-6,12,14-15,17H,7-11,13H2,1-2H3,(H,24,30)(H,25,26)/t15-,17-/m1/s1.